The van der Waals surface area contributed by atoms with Crippen LogP contribution in [0.1, 0.15) is 18.0 Å². The SMILES string of the molecule is CSCCC(N)c1ccc(Br)c(Cl)c1F. The fourth-order valence-corrected chi connectivity index (χ4v) is 2.20. The van der Waals surface area contributed by atoms with Gasteiger partial charge in [-0.15, -0.1) is 0 Å². The van der Waals surface area contributed by atoms with Gasteiger partial charge in [-0.25, -0.2) is 4.39 Å². The lowest BCUT2D eigenvalue weighted by Gasteiger charge is -2.13. The van der Waals surface area contributed by atoms with Gasteiger partial charge in [0.2, 0.25) is 0 Å². The van der Waals surface area contributed by atoms with Crippen LogP contribution in [0.25, 0.3) is 0 Å². The summed E-state index contributed by atoms with van der Waals surface area (Å²) in [5, 5.41) is 0.104. The number of benzene rings is 1. The summed E-state index contributed by atoms with van der Waals surface area (Å²) in [6, 6.07) is 3.11. The first-order chi connectivity index (χ1) is 7.07. The zero-order valence-electron chi connectivity index (χ0n) is 8.27. The highest BCUT2D eigenvalue weighted by atomic mass is 79.9. The number of rotatable bonds is 4. The summed E-state index contributed by atoms with van der Waals surface area (Å²) in [6.45, 7) is 0. The van der Waals surface area contributed by atoms with E-state index in [9.17, 15) is 4.39 Å². The molecule has 0 saturated carbocycles. The highest BCUT2D eigenvalue weighted by Crippen LogP contribution is 2.30. The highest BCUT2D eigenvalue weighted by Gasteiger charge is 2.15. The molecule has 1 nitrogen and oxygen atoms in total. The summed E-state index contributed by atoms with van der Waals surface area (Å²) in [5.41, 5.74) is 6.36. The van der Waals surface area contributed by atoms with Gasteiger partial charge in [0.05, 0.1) is 5.02 Å². The van der Waals surface area contributed by atoms with Crippen LogP contribution in [0.3, 0.4) is 0 Å². The van der Waals surface area contributed by atoms with Crippen LogP contribution < -0.4 is 5.73 Å². The predicted octanol–water partition coefficient (Wildman–Crippen LogP) is 3.99. The van der Waals surface area contributed by atoms with Crippen molar-refractivity contribution >= 4 is 39.3 Å². The normalized spacial score (nSPS) is 12.9. The average Bonchev–Trinajstić information content (AvgIpc) is 2.23. The zero-order valence-corrected chi connectivity index (χ0v) is 11.4. The number of hydrogen-bond acceptors (Lipinski definition) is 2. The first-order valence-corrected chi connectivity index (χ1v) is 7.02. The smallest absolute Gasteiger partial charge is 0.147 e. The van der Waals surface area contributed by atoms with Gasteiger partial charge in [0, 0.05) is 16.1 Å². The summed E-state index contributed by atoms with van der Waals surface area (Å²) < 4.78 is 14.2. The van der Waals surface area contributed by atoms with E-state index < -0.39 is 5.82 Å². The zero-order chi connectivity index (χ0) is 11.4. The molecule has 1 unspecified atom stereocenters. The van der Waals surface area contributed by atoms with Crippen LogP contribution in [0, 0.1) is 5.82 Å². The maximum Gasteiger partial charge on any atom is 0.147 e. The van der Waals surface area contributed by atoms with Crippen molar-refractivity contribution in [1.29, 1.82) is 0 Å². The molecule has 15 heavy (non-hydrogen) atoms. The number of halogens is 3. The summed E-state index contributed by atoms with van der Waals surface area (Å²) in [7, 11) is 0. The monoisotopic (exact) mass is 311 g/mol. The van der Waals surface area contributed by atoms with Crippen molar-refractivity contribution in [2.45, 2.75) is 12.5 Å². The van der Waals surface area contributed by atoms with Crippen molar-refractivity contribution in [3.63, 3.8) is 0 Å². The van der Waals surface area contributed by atoms with Crippen molar-refractivity contribution < 1.29 is 4.39 Å². The lowest BCUT2D eigenvalue weighted by atomic mass is 10.1. The van der Waals surface area contributed by atoms with Gasteiger partial charge >= 0.3 is 0 Å². The molecule has 5 heteroatoms. The lowest BCUT2D eigenvalue weighted by Crippen LogP contribution is -2.13. The van der Waals surface area contributed by atoms with E-state index >= 15 is 0 Å². The average molecular weight is 313 g/mol. The Bertz CT molecular complexity index is 348. The second-order valence-corrected chi connectivity index (χ2v) is 5.37. The molecular weight excluding hydrogens is 301 g/mol. The fraction of sp³-hybridized carbons (Fsp3) is 0.400. The van der Waals surface area contributed by atoms with E-state index in [-0.39, 0.29) is 11.1 Å². The van der Waals surface area contributed by atoms with Gasteiger partial charge in [0.1, 0.15) is 5.82 Å². The number of hydrogen-bond donors (Lipinski definition) is 1. The molecule has 0 aliphatic rings. The second-order valence-electron chi connectivity index (χ2n) is 3.15. The van der Waals surface area contributed by atoms with Gasteiger partial charge in [-0.05, 0) is 40.4 Å². The molecule has 1 aromatic rings. The van der Waals surface area contributed by atoms with Crippen LogP contribution in [-0.2, 0) is 0 Å². The second kappa shape index (κ2) is 6.09. The van der Waals surface area contributed by atoms with E-state index in [2.05, 4.69) is 15.9 Å². The van der Waals surface area contributed by atoms with E-state index in [0.29, 0.717) is 10.0 Å². The van der Waals surface area contributed by atoms with Gasteiger partial charge in [-0.3, -0.25) is 0 Å². The van der Waals surface area contributed by atoms with Crippen LogP contribution in [0.5, 0.6) is 0 Å². The third kappa shape index (κ3) is 3.34. The Labute approximate surface area is 107 Å². The van der Waals surface area contributed by atoms with Crippen LogP contribution in [0.4, 0.5) is 4.39 Å². The Morgan fingerprint density at radius 2 is 2.27 bits per heavy atom. The first-order valence-electron chi connectivity index (χ1n) is 4.45. The molecule has 1 rings (SSSR count). The van der Waals surface area contributed by atoms with Crippen molar-refractivity contribution in [2.24, 2.45) is 5.73 Å². The summed E-state index contributed by atoms with van der Waals surface area (Å²) in [6.07, 6.45) is 2.74. The fourth-order valence-electron chi connectivity index (χ4n) is 1.23. The van der Waals surface area contributed by atoms with Gasteiger partial charge in [0.15, 0.2) is 0 Å². The highest BCUT2D eigenvalue weighted by molar-refractivity contribution is 9.10. The van der Waals surface area contributed by atoms with Gasteiger partial charge < -0.3 is 5.73 Å². The third-order valence-electron chi connectivity index (χ3n) is 2.10. The first kappa shape index (κ1) is 13.3. The number of thioether (sulfide) groups is 1. The van der Waals surface area contributed by atoms with Crippen LogP contribution >= 0.6 is 39.3 Å². The van der Waals surface area contributed by atoms with Crippen LogP contribution in [0.15, 0.2) is 16.6 Å². The van der Waals surface area contributed by atoms with Crippen molar-refractivity contribution in [3.8, 4) is 0 Å². The molecule has 1 aromatic carbocycles. The lowest BCUT2D eigenvalue weighted by molar-refractivity contribution is 0.576. The molecule has 0 fully saturated rings. The van der Waals surface area contributed by atoms with Crippen LogP contribution in [-0.4, -0.2) is 12.0 Å². The molecule has 0 saturated heterocycles. The van der Waals surface area contributed by atoms with Gasteiger partial charge in [-0.1, -0.05) is 17.7 Å². The van der Waals surface area contributed by atoms with Gasteiger partial charge in [-0.2, -0.15) is 11.8 Å². The molecule has 0 heterocycles. The Morgan fingerprint density at radius 1 is 1.60 bits per heavy atom. The van der Waals surface area contributed by atoms with Crippen molar-refractivity contribution in [1.82, 2.24) is 0 Å². The van der Waals surface area contributed by atoms with Crippen LogP contribution in [0.2, 0.25) is 5.02 Å². The van der Waals surface area contributed by atoms with E-state index in [1.807, 2.05) is 6.26 Å². The van der Waals surface area contributed by atoms with E-state index in [1.54, 1.807) is 23.9 Å². The third-order valence-corrected chi connectivity index (χ3v) is 4.00. The molecule has 0 radical (unpaired) electrons. The van der Waals surface area contributed by atoms with Crippen molar-refractivity contribution in [2.75, 3.05) is 12.0 Å². The molecule has 0 spiro atoms. The van der Waals surface area contributed by atoms with E-state index in [1.165, 1.54) is 0 Å². The summed E-state index contributed by atoms with van der Waals surface area (Å²) in [4.78, 5) is 0. The topological polar surface area (TPSA) is 26.0 Å². The Balaban J connectivity index is 2.90. The molecule has 0 amide bonds. The molecule has 0 aromatic heterocycles. The summed E-state index contributed by atoms with van der Waals surface area (Å²) >= 11 is 10.6. The Hall–Kier alpha value is 0.230. The molecule has 0 aliphatic carbocycles. The largest absolute Gasteiger partial charge is 0.324 e. The Kier molecular flexibility index (Phi) is 5.39. The van der Waals surface area contributed by atoms with E-state index in [4.69, 9.17) is 17.3 Å². The molecule has 0 bridgehead atoms. The molecule has 84 valence electrons. The minimum atomic E-state index is -0.417. The maximum atomic E-state index is 13.7. The minimum Gasteiger partial charge on any atom is -0.324 e. The predicted molar refractivity (Wildman–Crippen MR) is 69.0 cm³/mol. The van der Waals surface area contributed by atoms with Crippen molar-refractivity contribution in [3.05, 3.63) is 33.0 Å². The quantitative estimate of drug-likeness (QED) is 0.851. The molecular formula is C10H12BrClFNS. The Morgan fingerprint density at radius 3 is 2.87 bits per heavy atom. The molecule has 1 atom stereocenters. The van der Waals surface area contributed by atoms with Gasteiger partial charge in [0.25, 0.3) is 0 Å². The standard InChI is InChI=1S/C10H12BrClFNS/c1-15-5-4-8(14)6-2-3-7(11)9(12)10(6)13/h2-3,8H,4-5,14H2,1H3. The summed E-state index contributed by atoms with van der Waals surface area (Å²) in [5.74, 6) is 0.494. The van der Waals surface area contributed by atoms with E-state index in [0.717, 1.165) is 12.2 Å². The molecule has 2 N–H and O–H groups in total. The molecule has 0 aliphatic heterocycles. The maximum absolute atomic E-state index is 13.7. The minimum absolute atomic E-state index is 0.104. The number of nitrogens with two attached hydrogens (primary N) is 1.